The molecule has 0 amide bonds. The Morgan fingerprint density at radius 2 is 1.20 bits per heavy atom. The van der Waals surface area contributed by atoms with Crippen LogP contribution in [-0.4, -0.2) is 13.6 Å². The molecule has 0 saturated heterocycles. The van der Waals surface area contributed by atoms with Gasteiger partial charge in [-0.3, -0.25) is 0 Å². The summed E-state index contributed by atoms with van der Waals surface area (Å²) in [6, 6.07) is 0. The molecule has 184 valence electrons. The highest BCUT2D eigenvalue weighted by Gasteiger charge is 2.03. The molecule has 0 aliphatic heterocycles. The van der Waals surface area contributed by atoms with Crippen LogP contribution in [0.3, 0.4) is 0 Å². The van der Waals surface area contributed by atoms with Crippen LogP contribution in [0.25, 0.3) is 0 Å². The zero-order valence-electron chi connectivity index (χ0n) is 24.1. The molecule has 0 aliphatic rings. The quantitative estimate of drug-likeness (QED) is 0.301. The molecule has 0 bridgehead atoms. The number of nitrogens with one attached hydrogen (secondary N) is 1. The minimum Gasteiger partial charge on any atom is -0.316 e. The Bertz CT molecular complexity index is 353. The summed E-state index contributed by atoms with van der Waals surface area (Å²) in [5, 5.41) is 2.98. The molecule has 30 heavy (non-hydrogen) atoms. The Morgan fingerprint density at radius 3 is 1.37 bits per heavy atom. The van der Waals surface area contributed by atoms with Crippen molar-refractivity contribution in [3.05, 3.63) is 47.1 Å². The molecule has 1 heteroatoms. The second-order valence-corrected chi connectivity index (χ2v) is 5.82. The molecule has 0 aromatic rings. The summed E-state index contributed by atoms with van der Waals surface area (Å²) in [5.41, 5.74) is 4.64. The van der Waals surface area contributed by atoms with Crippen LogP contribution in [0.1, 0.15) is 129 Å². The number of hydrogen-bond acceptors (Lipinski definition) is 1. The van der Waals surface area contributed by atoms with Gasteiger partial charge in [0.2, 0.25) is 0 Å². The van der Waals surface area contributed by atoms with Crippen LogP contribution in [0.4, 0.5) is 0 Å². The summed E-state index contributed by atoms with van der Waals surface area (Å²) in [7, 11) is 1.93. The summed E-state index contributed by atoms with van der Waals surface area (Å²) < 4.78 is 0. The fourth-order valence-corrected chi connectivity index (χ4v) is 2.18. The second kappa shape index (κ2) is 51.0. The van der Waals surface area contributed by atoms with Crippen LogP contribution in [0.2, 0.25) is 0 Å². The van der Waals surface area contributed by atoms with E-state index >= 15 is 0 Å². The molecule has 0 aromatic heterocycles. The average Bonchev–Trinajstić information content (AvgIpc) is 2.80. The lowest BCUT2D eigenvalue weighted by molar-refractivity contribution is 0.874. The van der Waals surface area contributed by atoms with E-state index in [1.165, 1.54) is 24.8 Å². The Balaban J connectivity index is -0.0000000709. The van der Waals surface area contributed by atoms with Gasteiger partial charge in [0, 0.05) is 6.54 Å². The van der Waals surface area contributed by atoms with Crippen LogP contribution < -0.4 is 5.32 Å². The largest absolute Gasteiger partial charge is 0.316 e. The Morgan fingerprint density at radius 1 is 0.733 bits per heavy atom. The molecule has 0 saturated carbocycles. The number of allylic oxidation sites excluding steroid dienone is 7. The van der Waals surface area contributed by atoms with Crippen molar-refractivity contribution in [2.24, 2.45) is 0 Å². The number of rotatable bonds is 8. The minimum absolute atomic E-state index is 0.983. The van der Waals surface area contributed by atoms with E-state index in [2.05, 4.69) is 71.2 Å². The smallest absolute Gasteiger partial charge is 0.0131 e. The van der Waals surface area contributed by atoms with Gasteiger partial charge in [0.15, 0.2) is 0 Å². The summed E-state index contributed by atoms with van der Waals surface area (Å²) in [6.07, 6.45) is 16.6. The van der Waals surface area contributed by atoms with Gasteiger partial charge in [0.1, 0.15) is 0 Å². The highest BCUT2D eigenvalue weighted by Crippen LogP contribution is 2.23. The first-order valence-electron chi connectivity index (χ1n) is 12.7. The monoisotopic (exact) mass is 425 g/mol. The standard InChI is InChI=1S/C13H24.C5H11N.C5H10.3C2H6/c1-6-9-12(8-3)13(10-7-2)11(4)5;1-3-4-5-6-2;1-3-5-4-2;3*1-2/h9H,6-8,10H2,1-5H3;3-4,6H,5H2,1-2H3;3,5H,4H2,1-2H3;3*1-2H3/b12-9-;;5-3-;;;. The number of likely N-dealkylation sites (N-methyl/N-ethyl adjacent to an activating group) is 1. The molecular formula is C29H63N. The average molecular weight is 426 g/mol. The zero-order valence-corrected chi connectivity index (χ0v) is 24.1. The first-order chi connectivity index (χ1) is 14.5. The van der Waals surface area contributed by atoms with Crippen molar-refractivity contribution in [2.45, 2.75) is 129 Å². The van der Waals surface area contributed by atoms with E-state index < -0.39 is 0 Å². The van der Waals surface area contributed by atoms with Gasteiger partial charge in [-0.25, -0.2) is 0 Å². The topological polar surface area (TPSA) is 12.0 Å². The third kappa shape index (κ3) is 45.6. The molecule has 0 atom stereocenters. The van der Waals surface area contributed by atoms with Crippen molar-refractivity contribution in [3.8, 4) is 0 Å². The van der Waals surface area contributed by atoms with Gasteiger partial charge in [-0.15, -0.1) is 0 Å². The van der Waals surface area contributed by atoms with Crippen molar-refractivity contribution >= 4 is 0 Å². The Kier molecular flexibility index (Phi) is 72.9. The van der Waals surface area contributed by atoms with Crippen LogP contribution in [0.15, 0.2) is 47.1 Å². The molecule has 1 N–H and O–H groups in total. The predicted octanol–water partition coefficient (Wildman–Crippen LogP) is 10.7. The fourth-order valence-electron chi connectivity index (χ4n) is 2.18. The van der Waals surface area contributed by atoms with Crippen molar-refractivity contribution in [2.75, 3.05) is 13.6 Å². The van der Waals surface area contributed by atoms with Crippen LogP contribution in [0.5, 0.6) is 0 Å². The first kappa shape index (κ1) is 42.9. The highest BCUT2D eigenvalue weighted by molar-refractivity contribution is 5.33. The van der Waals surface area contributed by atoms with Gasteiger partial charge in [0.25, 0.3) is 0 Å². The Labute approximate surface area is 195 Å². The van der Waals surface area contributed by atoms with Crippen molar-refractivity contribution in [1.29, 1.82) is 0 Å². The van der Waals surface area contributed by atoms with Gasteiger partial charge in [-0.2, -0.15) is 0 Å². The summed E-state index contributed by atoms with van der Waals surface area (Å²) in [4.78, 5) is 0. The van der Waals surface area contributed by atoms with Crippen molar-refractivity contribution in [3.63, 3.8) is 0 Å². The molecule has 0 spiro atoms. The molecular weight excluding hydrogens is 362 g/mol. The van der Waals surface area contributed by atoms with Gasteiger partial charge in [-0.05, 0) is 71.6 Å². The van der Waals surface area contributed by atoms with Crippen LogP contribution in [-0.2, 0) is 0 Å². The van der Waals surface area contributed by atoms with Gasteiger partial charge >= 0.3 is 0 Å². The maximum absolute atomic E-state index is 2.98. The number of hydrogen-bond donors (Lipinski definition) is 1. The minimum atomic E-state index is 0.983. The van der Waals surface area contributed by atoms with E-state index in [-0.39, 0.29) is 0 Å². The summed E-state index contributed by atoms with van der Waals surface area (Å²) in [5.74, 6) is 0. The van der Waals surface area contributed by atoms with Gasteiger partial charge in [0.05, 0.1) is 0 Å². The highest BCUT2D eigenvalue weighted by atomic mass is 14.8. The van der Waals surface area contributed by atoms with Crippen LogP contribution in [0, 0.1) is 0 Å². The normalized spacial score (nSPS) is 9.37. The third-order valence-electron chi connectivity index (χ3n) is 3.35. The van der Waals surface area contributed by atoms with Gasteiger partial charge < -0.3 is 5.32 Å². The molecule has 0 rings (SSSR count). The van der Waals surface area contributed by atoms with Crippen molar-refractivity contribution in [1.82, 2.24) is 5.32 Å². The van der Waals surface area contributed by atoms with Gasteiger partial charge in [-0.1, -0.05) is 112 Å². The molecule has 0 unspecified atom stereocenters. The lowest BCUT2D eigenvalue weighted by Crippen LogP contribution is -2.03. The molecule has 0 radical (unpaired) electrons. The predicted molar refractivity (Wildman–Crippen MR) is 150 cm³/mol. The van der Waals surface area contributed by atoms with E-state index in [9.17, 15) is 0 Å². The zero-order chi connectivity index (χ0) is 25.2. The lowest BCUT2D eigenvalue weighted by Gasteiger charge is -2.12. The Hall–Kier alpha value is -1.08. The van der Waals surface area contributed by atoms with E-state index in [4.69, 9.17) is 0 Å². The summed E-state index contributed by atoms with van der Waals surface area (Å²) >= 11 is 0. The third-order valence-corrected chi connectivity index (χ3v) is 3.35. The SMILES string of the molecule is C/C=C\CC.CC.CC.CC.CC/C=C(/CC)C(CCC)=C(C)C.CC=CCNC. The molecule has 0 fully saturated rings. The first-order valence-corrected chi connectivity index (χ1v) is 12.7. The molecule has 0 heterocycles. The van der Waals surface area contributed by atoms with Crippen LogP contribution >= 0.6 is 0 Å². The molecule has 0 aliphatic carbocycles. The maximum Gasteiger partial charge on any atom is 0.0131 e. The van der Waals surface area contributed by atoms with E-state index in [1.807, 2.05) is 68.5 Å². The van der Waals surface area contributed by atoms with E-state index in [0.29, 0.717) is 0 Å². The lowest BCUT2D eigenvalue weighted by atomic mass is 9.94. The van der Waals surface area contributed by atoms with E-state index in [0.717, 1.165) is 19.4 Å². The second-order valence-electron chi connectivity index (χ2n) is 5.82. The van der Waals surface area contributed by atoms with E-state index in [1.54, 1.807) is 11.1 Å². The summed E-state index contributed by atoms with van der Waals surface area (Å²) in [6.45, 7) is 30.3. The fraction of sp³-hybridized carbons (Fsp3) is 0.724. The maximum atomic E-state index is 2.98. The molecule has 0 aromatic carbocycles. The molecule has 1 nitrogen and oxygen atoms in total. The van der Waals surface area contributed by atoms with Crippen molar-refractivity contribution < 1.29 is 0 Å².